The van der Waals surface area contributed by atoms with Crippen LogP contribution in [0.3, 0.4) is 0 Å². The van der Waals surface area contributed by atoms with Crippen LogP contribution in [0.2, 0.25) is 0 Å². The van der Waals surface area contributed by atoms with E-state index in [-0.39, 0.29) is 5.69 Å². The lowest BCUT2D eigenvalue weighted by molar-refractivity contribution is -0.141. The largest absolute Gasteiger partial charge is 0.475 e. The molecule has 0 aromatic carbocycles. The zero-order valence-electron chi connectivity index (χ0n) is 9.82. The van der Waals surface area contributed by atoms with Gasteiger partial charge in [-0.15, -0.1) is 0 Å². The number of hydrogen-bond acceptors (Lipinski definition) is 4. The average Bonchev–Trinajstić information content (AvgIpc) is 2.82. The smallest absolute Gasteiger partial charge is 0.437 e. The topological polar surface area (TPSA) is 81.2 Å². The predicted octanol–water partition coefficient (Wildman–Crippen LogP) is 2.10. The van der Waals surface area contributed by atoms with Crippen molar-refractivity contribution in [2.45, 2.75) is 13.1 Å². The Morgan fingerprint density at radius 2 is 2.11 bits per heavy atom. The summed E-state index contributed by atoms with van der Waals surface area (Å²) in [6.07, 6.45) is -3.49. The fourth-order valence-corrected chi connectivity index (χ4v) is 1.61. The van der Waals surface area contributed by atoms with Crippen molar-refractivity contribution in [2.24, 2.45) is 7.05 Å². The van der Waals surface area contributed by atoms with Gasteiger partial charge in [-0.3, -0.25) is 4.68 Å². The number of hydrogen-bond donors (Lipinski definition) is 1. The molecule has 0 aliphatic heterocycles. The Labute approximate surface area is 104 Å². The van der Waals surface area contributed by atoms with Crippen LogP contribution in [0.1, 0.15) is 21.8 Å². The molecule has 0 bridgehead atoms. The van der Waals surface area contributed by atoms with Gasteiger partial charge in [0.2, 0.25) is 11.7 Å². The molecule has 1 N–H and O–H groups in total. The van der Waals surface area contributed by atoms with Crippen LogP contribution in [0, 0.1) is 6.92 Å². The van der Waals surface area contributed by atoms with Crippen LogP contribution in [-0.4, -0.2) is 25.8 Å². The lowest BCUT2D eigenvalue weighted by atomic mass is 10.3. The molecule has 102 valence electrons. The van der Waals surface area contributed by atoms with E-state index in [0.717, 1.165) is 0 Å². The minimum Gasteiger partial charge on any atom is -0.475 e. The summed E-state index contributed by atoms with van der Waals surface area (Å²) in [6, 6.07) is 0. The maximum absolute atomic E-state index is 12.7. The highest BCUT2D eigenvalue weighted by molar-refractivity contribution is 5.86. The van der Waals surface area contributed by atoms with Gasteiger partial charge in [-0.05, 0) is 12.5 Å². The Hall–Kier alpha value is -2.32. The summed E-state index contributed by atoms with van der Waals surface area (Å²) in [4.78, 5) is 14.0. The Bertz CT molecular complexity index is 623. The third-order valence-corrected chi connectivity index (χ3v) is 2.41. The molecule has 0 amide bonds. The summed E-state index contributed by atoms with van der Waals surface area (Å²) >= 11 is 0. The number of carboxylic acids is 1. The van der Waals surface area contributed by atoms with E-state index in [1.807, 2.05) is 0 Å². The van der Waals surface area contributed by atoms with Crippen LogP contribution in [0.25, 0.3) is 11.6 Å². The molecule has 0 atom stereocenters. The van der Waals surface area contributed by atoms with Gasteiger partial charge in [0.05, 0.1) is 6.20 Å². The van der Waals surface area contributed by atoms with Gasteiger partial charge in [-0.1, -0.05) is 0 Å². The van der Waals surface area contributed by atoms with E-state index in [9.17, 15) is 18.0 Å². The zero-order valence-corrected chi connectivity index (χ0v) is 9.82. The van der Waals surface area contributed by atoms with Crippen LogP contribution >= 0.6 is 0 Å². The number of carboxylic acid groups (broad SMARTS) is 1. The molecular formula is C10H8F3N3O3. The summed E-state index contributed by atoms with van der Waals surface area (Å²) in [5.41, 5.74) is -0.844. The van der Waals surface area contributed by atoms with Crippen LogP contribution < -0.4 is 0 Å². The van der Waals surface area contributed by atoms with Gasteiger partial charge in [0, 0.05) is 7.05 Å². The molecule has 0 fully saturated rings. The quantitative estimate of drug-likeness (QED) is 0.907. The highest BCUT2D eigenvalue weighted by Gasteiger charge is 2.41. The maximum atomic E-state index is 12.7. The second-order valence-electron chi connectivity index (χ2n) is 3.80. The van der Waals surface area contributed by atoms with Gasteiger partial charge in [-0.25, -0.2) is 9.78 Å². The highest BCUT2D eigenvalue weighted by atomic mass is 19.4. The number of alkyl halides is 3. The van der Waals surface area contributed by atoms with Gasteiger partial charge >= 0.3 is 12.1 Å². The van der Waals surface area contributed by atoms with E-state index < -0.39 is 29.5 Å². The standard InChI is InChI=1S/C10H8F3N3O3/c1-4-3-14-16(2)5(4)8-15-7(10(11,12)13)6(19-8)9(17)18/h3H,1-2H3,(H,17,18). The predicted molar refractivity (Wildman–Crippen MR) is 55.4 cm³/mol. The van der Waals surface area contributed by atoms with E-state index in [2.05, 4.69) is 10.1 Å². The number of oxazole rings is 1. The fraction of sp³-hybridized carbons (Fsp3) is 0.300. The average molecular weight is 275 g/mol. The molecule has 0 aliphatic carbocycles. The van der Waals surface area contributed by atoms with E-state index in [4.69, 9.17) is 9.52 Å². The Morgan fingerprint density at radius 1 is 1.47 bits per heavy atom. The number of aryl methyl sites for hydroxylation is 2. The molecule has 0 spiro atoms. The minimum atomic E-state index is -4.90. The van der Waals surface area contributed by atoms with Crippen molar-refractivity contribution < 1.29 is 27.5 Å². The Balaban J connectivity index is 2.65. The Kier molecular flexibility index (Phi) is 2.84. The van der Waals surface area contributed by atoms with E-state index in [1.54, 1.807) is 6.92 Å². The van der Waals surface area contributed by atoms with Crippen molar-refractivity contribution in [1.82, 2.24) is 14.8 Å². The van der Waals surface area contributed by atoms with E-state index in [0.29, 0.717) is 5.56 Å². The third-order valence-electron chi connectivity index (χ3n) is 2.41. The summed E-state index contributed by atoms with van der Waals surface area (Å²) in [6.45, 7) is 1.60. The maximum Gasteiger partial charge on any atom is 0.437 e. The second kappa shape index (κ2) is 4.11. The minimum absolute atomic E-state index is 0.193. The van der Waals surface area contributed by atoms with Gasteiger partial charge in [0.25, 0.3) is 0 Å². The molecule has 0 saturated heterocycles. The second-order valence-corrected chi connectivity index (χ2v) is 3.80. The molecule has 2 aromatic heterocycles. The number of carbonyl (C=O) groups is 1. The molecule has 0 unspecified atom stereocenters. The van der Waals surface area contributed by atoms with Crippen molar-refractivity contribution in [3.63, 3.8) is 0 Å². The molecule has 9 heteroatoms. The normalized spacial score (nSPS) is 11.8. The lowest BCUT2D eigenvalue weighted by Gasteiger charge is -2.00. The van der Waals surface area contributed by atoms with Gasteiger partial charge < -0.3 is 9.52 Å². The van der Waals surface area contributed by atoms with Crippen molar-refractivity contribution in [2.75, 3.05) is 0 Å². The van der Waals surface area contributed by atoms with E-state index >= 15 is 0 Å². The van der Waals surface area contributed by atoms with Crippen molar-refractivity contribution in [1.29, 1.82) is 0 Å². The summed E-state index contributed by atoms with van der Waals surface area (Å²) < 4.78 is 43.9. The summed E-state index contributed by atoms with van der Waals surface area (Å²) in [5, 5.41) is 12.5. The molecule has 0 aliphatic rings. The first-order valence-corrected chi connectivity index (χ1v) is 5.02. The molecule has 2 rings (SSSR count). The molecule has 19 heavy (non-hydrogen) atoms. The van der Waals surface area contributed by atoms with Crippen LogP contribution in [0.4, 0.5) is 13.2 Å². The number of rotatable bonds is 2. The lowest BCUT2D eigenvalue weighted by Crippen LogP contribution is -2.11. The van der Waals surface area contributed by atoms with Crippen molar-refractivity contribution in [3.05, 3.63) is 23.2 Å². The van der Waals surface area contributed by atoms with Crippen LogP contribution in [0.5, 0.6) is 0 Å². The molecule has 2 aromatic rings. The highest BCUT2D eigenvalue weighted by Crippen LogP contribution is 2.34. The van der Waals surface area contributed by atoms with E-state index in [1.165, 1.54) is 17.9 Å². The van der Waals surface area contributed by atoms with Gasteiger partial charge in [0.15, 0.2) is 5.69 Å². The number of aromatic nitrogens is 3. The first kappa shape index (κ1) is 13.1. The molecular weight excluding hydrogens is 267 g/mol. The molecule has 0 radical (unpaired) electrons. The monoisotopic (exact) mass is 275 g/mol. The molecule has 0 saturated carbocycles. The first-order chi connectivity index (χ1) is 8.71. The SMILES string of the molecule is Cc1cnn(C)c1-c1nc(C(F)(F)F)c(C(=O)O)o1. The zero-order chi connectivity index (χ0) is 14.4. The number of nitrogens with zero attached hydrogens (tertiary/aromatic N) is 3. The van der Waals surface area contributed by atoms with Crippen LogP contribution in [0.15, 0.2) is 10.6 Å². The van der Waals surface area contributed by atoms with Crippen molar-refractivity contribution >= 4 is 5.97 Å². The first-order valence-electron chi connectivity index (χ1n) is 5.02. The Morgan fingerprint density at radius 3 is 2.47 bits per heavy atom. The summed E-state index contributed by atoms with van der Waals surface area (Å²) in [7, 11) is 1.49. The fourth-order valence-electron chi connectivity index (χ4n) is 1.61. The molecule has 2 heterocycles. The third kappa shape index (κ3) is 2.18. The van der Waals surface area contributed by atoms with Crippen molar-refractivity contribution in [3.8, 4) is 11.6 Å². The summed E-state index contributed by atoms with van der Waals surface area (Å²) in [5.74, 6) is -3.49. The van der Waals surface area contributed by atoms with Gasteiger partial charge in [-0.2, -0.15) is 18.3 Å². The van der Waals surface area contributed by atoms with Gasteiger partial charge in [0.1, 0.15) is 5.69 Å². The number of halogens is 3. The molecule has 6 nitrogen and oxygen atoms in total. The van der Waals surface area contributed by atoms with Crippen LogP contribution in [-0.2, 0) is 13.2 Å². The number of aromatic carboxylic acids is 1.